The van der Waals surface area contributed by atoms with Crippen LogP contribution in [0.15, 0.2) is 58.7 Å². The third kappa shape index (κ3) is 4.29. The summed E-state index contributed by atoms with van der Waals surface area (Å²) in [6.45, 7) is 0.306. The number of thiophene rings is 1. The van der Waals surface area contributed by atoms with Crippen LogP contribution in [0.1, 0.15) is 16.0 Å². The first-order valence-corrected chi connectivity index (χ1v) is 9.46. The molecule has 0 aliphatic heterocycles. The molecule has 2 heterocycles. The minimum atomic E-state index is -1.36. The Labute approximate surface area is 166 Å². The topological polar surface area (TPSA) is 93.0 Å². The molecular formula is C20H22N2O5S. The van der Waals surface area contributed by atoms with E-state index >= 15 is 0 Å². The number of carbonyl (C=O) groups excluding carboxylic acids is 1. The van der Waals surface area contributed by atoms with Crippen LogP contribution in [-0.2, 0) is 12.1 Å². The Morgan fingerprint density at radius 2 is 2.00 bits per heavy atom. The molecule has 0 bridgehead atoms. The molecule has 7 nitrogen and oxygen atoms in total. The lowest BCUT2D eigenvalue weighted by Crippen LogP contribution is -2.44. The second-order valence-electron chi connectivity index (χ2n) is 6.08. The summed E-state index contributed by atoms with van der Waals surface area (Å²) in [5, 5.41) is 18.5. The van der Waals surface area contributed by atoms with Crippen LogP contribution in [0.25, 0.3) is 0 Å². The number of aliphatic hydroxyl groups is 1. The SMILES string of the molecule is COc1ccc(CNC(=O)NC[C@](O)(c2ccoc2)c2cccs2)cc1OC. The summed E-state index contributed by atoms with van der Waals surface area (Å²) in [5.41, 5.74) is 0.0771. The van der Waals surface area contributed by atoms with Crippen molar-refractivity contribution < 1.29 is 23.8 Å². The van der Waals surface area contributed by atoms with E-state index in [1.165, 1.54) is 23.9 Å². The Morgan fingerprint density at radius 1 is 1.18 bits per heavy atom. The predicted molar refractivity (Wildman–Crippen MR) is 106 cm³/mol. The fraction of sp³-hybridized carbons (Fsp3) is 0.250. The largest absolute Gasteiger partial charge is 0.493 e. The van der Waals surface area contributed by atoms with Gasteiger partial charge in [-0.25, -0.2) is 4.79 Å². The maximum atomic E-state index is 12.3. The minimum Gasteiger partial charge on any atom is -0.493 e. The van der Waals surface area contributed by atoms with Crippen LogP contribution in [0, 0.1) is 0 Å². The maximum Gasteiger partial charge on any atom is 0.315 e. The summed E-state index contributed by atoms with van der Waals surface area (Å²) in [4.78, 5) is 13.0. The van der Waals surface area contributed by atoms with Gasteiger partial charge >= 0.3 is 6.03 Å². The second kappa shape index (κ2) is 8.81. The number of carbonyl (C=O) groups is 1. The molecule has 3 aromatic rings. The van der Waals surface area contributed by atoms with Crippen molar-refractivity contribution in [2.24, 2.45) is 0 Å². The molecule has 148 valence electrons. The molecule has 8 heteroatoms. The summed E-state index contributed by atoms with van der Waals surface area (Å²) in [6, 6.07) is 10.4. The molecular weight excluding hydrogens is 380 g/mol. The van der Waals surface area contributed by atoms with Crippen molar-refractivity contribution in [3.8, 4) is 11.5 Å². The molecule has 2 aromatic heterocycles. The van der Waals surface area contributed by atoms with Gasteiger partial charge in [-0.2, -0.15) is 0 Å². The summed E-state index contributed by atoms with van der Waals surface area (Å²) in [6.07, 6.45) is 2.97. The van der Waals surface area contributed by atoms with Gasteiger partial charge in [0.1, 0.15) is 5.60 Å². The van der Waals surface area contributed by atoms with Crippen molar-refractivity contribution in [1.29, 1.82) is 0 Å². The number of furan rings is 1. The van der Waals surface area contributed by atoms with Crippen LogP contribution < -0.4 is 20.1 Å². The second-order valence-corrected chi connectivity index (χ2v) is 7.02. The molecule has 0 unspecified atom stereocenters. The first kappa shape index (κ1) is 19.8. The zero-order valence-electron chi connectivity index (χ0n) is 15.6. The molecule has 3 N–H and O–H groups in total. The van der Waals surface area contributed by atoms with Crippen LogP contribution in [0.2, 0.25) is 0 Å². The van der Waals surface area contributed by atoms with Crippen molar-refractivity contribution in [1.82, 2.24) is 10.6 Å². The third-order valence-corrected chi connectivity index (χ3v) is 5.35. The highest BCUT2D eigenvalue weighted by molar-refractivity contribution is 7.10. The molecule has 0 saturated heterocycles. The molecule has 28 heavy (non-hydrogen) atoms. The zero-order chi connectivity index (χ0) is 20.0. The van der Waals surface area contributed by atoms with E-state index in [-0.39, 0.29) is 6.54 Å². The van der Waals surface area contributed by atoms with Gasteiger partial charge in [-0.3, -0.25) is 0 Å². The normalized spacial score (nSPS) is 12.8. The summed E-state index contributed by atoms with van der Waals surface area (Å²) >= 11 is 1.41. The zero-order valence-corrected chi connectivity index (χ0v) is 16.4. The highest BCUT2D eigenvalue weighted by atomic mass is 32.1. The quantitative estimate of drug-likeness (QED) is 0.538. The van der Waals surface area contributed by atoms with Gasteiger partial charge in [0.25, 0.3) is 0 Å². The minimum absolute atomic E-state index is 0.00478. The van der Waals surface area contributed by atoms with E-state index in [4.69, 9.17) is 13.9 Å². The number of methoxy groups -OCH3 is 2. The molecule has 0 radical (unpaired) electrons. The number of rotatable bonds is 8. The van der Waals surface area contributed by atoms with Gasteiger partial charge in [0.15, 0.2) is 11.5 Å². The van der Waals surface area contributed by atoms with Gasteiger partial charge in [-0.05, 0) is 35.2 Å². The molecule has 0 saturated carbocycles. The highest BCUT2D eigenvalue weighted by Gasteiger charge is 2.34. The van der Waals surface area contributed by atoms with E-state index in [0.29, 0.717) is 28.5 Å². The van der Waals surface area contributed by atoms with Gasteiger partial charge in [-0.1, -0.05) is 12.1 Å². The van der Waals surface area contributed by atoms with Crippen LogP contribution in [0.5, 0.6) is 11.5 Å². The van der Waals surface area contributed by atoms with Crippen LogP contribution in [-0.4, -0.2) is 31.9 Å². The molecule has 3 rings (SSSR count). The van der Waals surface area contributed by atoms with E-state index < -0.39 is 11.6 Å². The van der Waals surface area contributed by atoms with Gasteiger partial charge < -0.3 is 29.6 Å². The van der Waals surface area contributed by atoms with Crippen LogP contribution in [0.3, 0.4) is 0 Å². The standard InChI is InChI=1S/C20H22N2O5S/c1-25-16-6-5-14(10-17(16)26-2)11-21-19(23)22-13-20(24,15-7-8-27-12-15)18-4-3-9-28-18/h3-10,12,24H,11,13H2,1-2H3,(H2,21,22,23)/t20-/m0/s1. The third-order valence-electron chi connectivity index (χ3n) is 4.33. The van der Waals surface area contributed by atoms with Crippen molar-refractivity contribution in [3.63, 3.8) is 0 Å². The fourth-order valence-electron chi connectivity index (χ4n) is 2.79. The Kier molecular flexibility index (Phi) is 6.23. The summed E-state index contributed by atoms with van der Waals surface area (Å²) < 4.78 is 15.6. The molecule has 0 aliphatic rings. The van der Waals surface area contributed by atoms with Gasteiger partial charge in [0, 0.05) is 17.0 Å². The van der Waals surface area contributed by atoms with Crippen molar-refractivity contribution in [2.45, 2.75) is 12.1 Å². The predicted octanol–water partition coefficient (Wildman–Crippen LogP) is 3.09. The number of nitrogens with one attached hydrogen (secondary N) is 2. The Balaban J connectivity index is 1.61. The first-order valence-electron chi connectivity index (χ1n) is 8.58. The number of hydrogen-bond donors (Lipinski definition) is 3. The molecule has 0 spiro atoms. The lowest BCUT2D eigenvalue weighted by atomic mass is 9.94. The van der Waals surface area contributed by atoms with Gasteiger partial charge in [0.2, 0.25) is 0 Å². The first-order chi connectivity index (χ1) is 13.6. The van der Waals surface area contributed by atoms with E-state index in [0.717, 1.165) is 5.56 Å². The van der Waals surface area contributed by atoms with Gasteiger partial charge in [-0.15, -0.1) is 11.3 Å². The van der Waals surface area contributed by atoms with E-state index in [1.807, 2.05) is 23.6 Å². The van der Waals surface area contributed by atoms with Crippen molar-refractivity contribution >= 4 is 17.4 Å². The van der Waals surface area contributed by atoms with E-state index in [1.54, 1.807) is 32.4 Å². The average Bonchev–Trinajstić information content (AvgIpc) is 3.44. The van der Waals surface area contributed by atoms with Crippen LogP contribution in [0.4, 0.5) is 4.79 Å². The number of urea groups is 1. The Hall–Kier alpha value is -2.97. The monoisotopic (exact) mass is 402 g/mol. The molecule has 2 amide bonds. The summed E-state index contributed by atoms with van der Waals surface area (Å²) in [5.74, 6) is 1.21. The molecule has 1 aromatic carbocycles. The van der Waals surface area contributed by atoms with Crippen LogP contribution >= 0.6 is 11.3 Å². The number of hydrogen-bond acceptors (Lipinski definition) is 6. The molecule has 1 atom stereocenters. The smallest absolute Gasteiger partial charge is 0.315 e. The molecule has 0 aliphatic carbocycles. The van der Waals surface area contributed by atoms with Crippen molar-refractivity contribution in [3.05, 3.63) is 70.3 Å². The number of amides is 2. The van der Waals surface area contributed by atoms with E-state index in [9.17, 15) is 9.90 Å². The average molecular weight is 402 g/mol. The summed E-state index contributed by atoms with van der Waals surface area (Å²) in [7, 11) is 3.13. The number of ether oxygens (including phenoxy) is 2. The van der Waals surface area contributed by atoms with Crippen molar-refractivity contribution in [2.75, 3.05) is 20.8 Å². The molecule has 0 fully saturated rings. The Morgan fingerprint density at radius 3 is 2.64 bits per heavy atom. The maximum absolute atomic E-state index is 12.3. The Bertz CT molecular complexity index is 859. The lowest BCUT2D eigenvalue weighted by molar-refractivity contribution is 0.0852. The highest BCUT2D eigenvalue weighted by Crippen LogP contribution is 2.32. The number of benzene rings is 1. The fourth-order valence-corrected chi connectivity index (χ4v) is 3.63. The van der Waals surface area contributed by atoms with Gasteiger partial charge in [0.05, 0.1) is 33.3 Å². The van der Waals surface area contributed by atoms with E-state index in [2.05, 4.69) is 10.6 Å². The lowest BCUT2D eigenvalue weighted by Gasteiger charge is -2.26.